The number of hydrogen-bond donors (Lipinski definition) is 0. The molecule has 5 heteroatoms. The predicted molar refractivity (Wildman–Crippen MR) is 55.6 cm³/mol. The summed E-state index contributed by atoms with van der Waals surface area (Å²) in [5.74, 6) is -2.45. The van der Waals surface area contributed by atoms with Crippen molar-refractivity contribution in [1.29, 1.82) is 0 Å². The molecular weight excluding hydrogens is 233 g/mol. The molecule has 0 N–H and O–H groups in total. The molecule has 2 nitrogen and oxygen atoms in total. The third-order valence-electron chi connectivity index (χ3n) is 3.91. The van der Waals surface area contributed by atoms with Crippen molar-refractivity contribution in [3.05, 3.63) is 0 Å². The van der Waals surface area contributed by atoms with Crippen LogP contribution in [0.1, 0.15) is 44.9 Å². The van der Waals surface area contributed by atoms with Gasteiger partial charge in [0.25, 0.3) is 0 Å². The summed E-state index contributed by atoms with van der Waals surface area (Å²) < 4.78 is 42.9. The Bertz CT molecular complexity index is 287. The van der Waals surface area contributed by atoms with Gasteiger partial charge in [-0.1, -0.05) is 19.3 Å². The molecule has 0 radical (unpaired) electrons. The van der Waals surface area contributed by atoms with Crippen LogP contribution in [0.2, 0.25) is 0 Å². The molecule has 1 aliphatic heterocycles. The number of rotatable bonds is 1. The minimum absolute atomic E-state index is 0.208. The van der Waals surface area contributed by atoms with Crippen molar-refractivity contribution < 1.29 is 22.7 Å². The second kappa shape index (κ2) is 4.59. The summed E-state index contributed by atoms with van der Waals surface area (Å²) >= 11 is 0. The Balaban J connectivity index is 2.04. The highest BCUT2D eigenvalue weighted by atomic mass is 19.4. The molecule has 1 aliphatic carbocycles. The molecule has 2 fully saturated rings. The smallest absolute Gasteiger partial charge is 0.375 e. The van der Waals surface area contributed by atoms with E-state index in [0.717, 1.165) is 32.1 Å². The van der Waals surface area contributed by atoms with Crippen LogP contribution < -0.4 is 0 Å². The monoisotopic (exact) mass is 250 g/mol. The van der Waals surface area contributed by atoms with Crippen LogP contribution in [-0.2, 0) is 9.53 Å². The lowest BCUT2D eigenvalue weighted by molar-refractivity contribution is -0.185. The zero-order chi connectivity index (χ0) is 12.5. The largest absolute Gasteiger partial charge is 0.450 e. The number of carbonyl (C=O) groups is 1. The van der Waals surface area contributed by atoms with E-state index in [1.165, 1.54) is 0 Å². The van der Waals surface area contributed by atoms with E-state index in [2.05, 4.69) is 0 Å². The lowest BCUT2D eigenvalue weighted by atomic mass is 9.75. The zero-order valence-corrected chi connectivity index (χ0v) is 9.68. The summed E-state index contributed by atoms with van der Waals surface area (Å²) in [4.78, 5) is 11.3. The first kappa shape index (κ1) is 12.9. The van der Waals surface area contributed by atoms with Gasteiger partial charge in [-0.15, -0.1) is 0 Å². The number of ether oxygens (including phenoxy) is 1. The zero-order valence-electron chi connectivity index (χ0n) is 9.68. The molecule has 1 saturated heterocycles. The molecule has 2 rings (SSSR count). The van der Waals surface area contributed by atoms with Crippen molar-refractivity contribution in [3.8, 4) is 0 Å². The molecule has 98 valence electrons. The molecular formula is C12H17F3O2. The Morgan fingerprint density at radius 3 is 2.41 bits per heavy atom. The highest BCUT2D eigenvalue weighted by molar-refractivity contribution is 5.86. The first-order chi connectivity index (χ1) is 7.93. The first-order valence-corrected chi connectivity index (χ1v) is 6.18. The van der Waals surface area contributed by atoms with Crippen molar-refractivity contribution in [3.63, 3.8) is 0 Å². The van der Waals surface area contributed by atoms with Gasteiger partial charge >= 0.3 is 6.18 Å². The Hall–Kier alpha value is -0.580. The Labute approximate surface area is 98.5 Å². The van der Waals surface area contributed by atoms with Gasteiger partial charge < -0.3 is 4.74 Å². The van der Waals surface area contributed by atoms with Crippen LogP contribution in [0.4, 0.5) is 13.2 Å². The molecule has 0 bridgehead atoms. The second-order valence-electron chi connectivity index (χ2n) is 5.14. The molecule has 0 aromatic heterocycles. The van der Waals surface area contributed by atoms with Crippen molar-refractivity contribution in [1.82, 2.24) is 0 Å². The number of hydrogen-bond acceptors (Lipinski definition) is 2. The van der Waals surface area contributed by atoms with E-state index < -0.39 is 23.5 Å². The van der Waals surface area contributed by atoms with Crippen LogP contribution >= 0.6 is 0 Å². The average Bonchev–Trinajstić information content (AvgIpc) is 2.28. The van der Waals surface area contributed by atoms with Gasteiger partial charge in [0.15, 0.2) is 0 Å². The van der Waals surface area contributed by atoms with Gasteiger partial charge in [0.1, 0.15) is 0 Å². The quantitative estimate of drug-likeness (QED) is 0.714. The maximum Gasteiger partial charge on any atom is 0.450 e. The van der Waals surface area contributed by atoms with E-state index >= 15 is 0 Å². The van der Waals surface area contributed by atoms with Crippen molar-refractivity contribution in [2.24, 2.45) is 5.92 Å². The molecule has 17 heavy (non-hydrogen) atoms. The van der Waals surface area contributed by atoms with E-state index in [0.29, 0.717) is 0 Å². The van der Waals surface area contributed by atoms with Crippen molar-refractivity contribution in [2.75, 3.05) is 6.61 Å². The molecule has 0 aromatic carbocycles. The maximum absolute atomic E-state index is 12.4. The fourth-order valence-corrected chi connectivity index (χ4v) is 3.03. The molecule has 2 aliphatic rings. The van der Waals surface area contributed by atoms with E-state index in [9.17, 15) is 18.0 Å². The molecule has 1 spiro atoms. The van der Waals surface area contributed by atoms with E-state index in [1.807, 2.05) is 0 Å². The van der Waals surface area contributed by atoms with Crippen molar-refractivity contribution >= 4 is 5.78 Å². The number of Topliss-reactive ketones (excluding diaryl/α,β-unsaturated/α-hetero) is 1. The van der Waals surface area contributed by atoms with Gasteiger partial charge in [-0.05, 0) is 25.7 Å². The lowest BCUT2D eigenvalue weighted by Crippen LogP contribution is -2.45. The fraction of sp³-hybridized carbons (Fsp3) is 0.917. The van der Waals surface area contributed by atoms with Gasteiger partial charge in [0.05, 0.1) is 5.60 Å². The number of halogens is 3. The summed E-state index contributed by atoms with van der Waals surface area (Å²) in [6.45, 7) is 0.284. The Morgan fingerprint density at radius 1 is 1.18 bits per heavy atom. The molecule has 0 aromatic rings. The van der Waals surface area contributed by atoms with Crippen LogP contribution in [0.3, 0.4) is 0 Å². The third kappa shape index (κ3) is 2.81. The summed E-state index contributed by atoms with van der Waals surface area (Å²) in [6, 6.07) is 0. The summed E-state index contributed by atoms with van der Waals surface area (Å²) in [6.07, 6.45) is 0.468. The normalized spacial score (nSPS) is 29.2. The minimum atomic E-state index is -4.70. The number of alkyl halides is 3. The molecule has 1 atom stereocenters. The molecule has 1 heterocycles. The summed E-state index contributed by atoms with van der Waals surface area (Å²) in [5, 5.41) is 0. The Kier molecular flexibility index (Phi) is 3.48. The van der Waals surface area contributed by atoms with Crippen LogP contribution in [0.25, 0.3) is 0 Å². The molecule has 1 saturated carbocycles. The van der Waals surface area contributed by atoms with Gasteiger partial charge in [0, 0.05) is 12.5 Å². The topological polar surface area (TPSA) is 26.3 Å². The molecule has 0 amide bonds. The van der Waals surface area contributed by atoms with Crippen LogP contribution in [-0.4, -0.2) is 24.2 Å². The summed E-state index contributed by atoms with van der Waals surface area (Å²) in [5.41, 5.74) is -0.442. The van der Waals surface area contributed by atoms with Gasteiger partial charge in [-0.2, -0.15) is 13.2 Å². The number of carbonyl (C=O) groups excluding carboxylic acids is 1. The standard InChI is InChI=1S/C12H17F3O2/c13-12(14,15)10(16)9-4-7-17-11(8-9)5-2-1-3-6-11/h9H,1-8H2. The van der Waals surface area contributed by atoms with Gasteiger partial charge in [-0.25, -0.2) is 0 Å². The van der Waals surface area contributed by atoms with Crippen molar-refractivity contribution in [2.45, 2.75) is 56.7 Å². The van der Waals surface area contributed by atoms with E-state index in [1.54, 1.807) is 0 Å². The third-order valence-corrected chi connectivity index (χ3v) is 3.91. The van der Waals surface area contributed by atoms with Crippen LogP contribution in [0.5, 0.6) is 0 Å². The van der Waals surface area contributed by atoms with Gasteiger partial charge in [-0.3, -0.25) is 4.79 Å². The summed E-state index contributed by atoms with van der Waals surface area (Å²) in [7, 11) is 0. The number of ketones is 1. The Morgan fingerprint density at radius 2 is 1.82 bits per heavy atom. The highest BCUT2D eigenvalue weighted by Crippen LogP contribution is 2.42. The second-order valence-corrected chi connectivity index (χ2v) is 5.14. The highest BCUT2D eigenvalue weighted by Gasteiger charge is 2.48. The predicted octanol–water partition coefficient (Wildman–Crippen LogP) is 3.25. The van der Waals surface area contributed by atoms with E-state index in [4.69, 9.17) is 4.74 Å². The van der Waals surface area contributed by atoms with Crippen LogP contribution in [0, 0.1) is 5.92 Å². The van der Waals surface area contributed by atoms with E-state index in [-0.39, 0.29) is 19.4 Å². The fourth-order valence-electron chi connectivity index (χ4n) is 3.03. The SMILES string of the molecule is O=C(C1CCOC2(CCCCC2)C1)C(F)(F)F. The maximum atomic E-state index is 12.4. The minimum Gasteiger partial charge on any atom is -0.375 e. The van der Waals surface area contributed by atoms with Crippen LogP contribution in [0.15, 0.2) is 0 Å². The molecule has 1 unspecified atom stereocenters. The van der Waals surface area contributed by atoms with Gasteiger partial charge in [0.2, 0.25) is 5.78 Å². The lowest BCUT2D eigenvalue weighted by Gasteiger charge is -2.43. The first-order valence-electron chi connectivity index (χ1n) is 6.18. The average molecular weight is 250 g/mol.